The molecule has 0 spiro atoms. The molecular formula is C15H18BrNO. The third-order valence-corrected chi connectivity index (χ3v) is 4.68. The first-order valence-corrected chi connectivity index (χ1v) is 6.96. The minimum atomic E-state index is 0.162. The zero-order valence-corrected chi connectivity index (χ0v) is 13.0. The molecule has 0 saturated carbocycles. The SMILES string of the molecule is Cc1cc2[nH]c(C)c(C(C)C)c(=O)c2c(C)c1Br. The van der Waals surface area contributed by atoms with E-state index < -0.39 is 0 Å². The van der Waals surface area contributed by atoms with E-state index in [0.29, 0.717) is 0 Å². The maximum Gasteiger partial charge on any atom is 0.193 e. The van der Waals surface area contributed by atoms with Crippen molar-refractivity contribution in [3.8, 4) is 0 Å². The van der Waals surface area contributed by atoms with Crippen molar-refractivity contribution in [3.63, 3.8) is 0 Å². The minimum Gasteiger partial charge on any atom is -0.358 e. The lowest BCUT2D eigenvalue weighted by molar-refractivity contribution is 0.838. The van der Waals surface area contributed by atoms with Gasteiger partial charge in [-0.3, -0.25) is 4.79 Å². The zero-order valence-electron chi connectivity index (χ0n) is 11.4. The molecular weight excluding hydrogens is 290 g/mol. The number of aromatic nitrogens is 1. The van der Waals surface area contributed by atoms with Crippen LogP contribution in [0.25, 0.3) is 10.9 Å². The quantitative estimate of drug-likeness (QED) is 0.835. The molecule has 0 atom stereocenters. The molecule has 0 amide bonds. The largest absolute Gasteiger partial charge is 0.358 e. The fourth-order valence-electron chi connectivity index (χ4n) is 2.62. The van der Waals surface area contributed by atoms with Gasteiger partial charge in [0.2, 0.25) is 0 Å². The Labute approximate surface area is 116 Å². The Morgan fingerprint density at radius 2 is 1.83 bits per heavy atom. The number of hydrogen-bond acceptors (Lipinski definition) is 1. The first-order valence-electron chi connectivity index (χ1n) is 6.16. The summed E-state index contributed by atoms with van der Waals surface area (Å²) < 4.78 is 1.03. The van der Waals surface area contributed by atoms with Crippen LogP contribution in [0.15, 0.2) is 15.3 Å². The number of rotatable bonds is 1. The number of halogens is 1. The first kappa shape index (κ1) is 13.3. The fourth-order valence-corrected chi connectivity index (χ4v) is 2.93. The van der Waals surface area contributed by atoms with E-state index in [4.69, 9.17) is 0 Å². The Balaban J connectivity index is 3.03. The molecule has 2 rings (SSSR count). The van der Waals surface area contributed by atoms with E-state index in [1.54, 1.807) is 0 Å². The van der Waals surface area contributed by atoms with Crippen molar-refractivity contribution in [1.29, 1.82) is 0 Å². The van der Waals surface area contributed by atoms with Gasteiger partial charge in [-0.15, -0.1) is 0 Å². The maximum atomic E-state index is 12.6. The molecule has 1 aromatic carbocycles. The van der Waals surface area contributed by atoms with Crippen LogP contribution < -0.4 is 5.43 Å². The second kappa shape index (κ2) is 4.54. The zero-order chi connectivity index (χ0) is 13.6. The normalized spacial score (nSPS) is 11.5. The molecule has 0 aliphatic rings. The van der Waals surface area contributed by atoms with Crippen molar-refractivity contribution >= 4 is 26.8 Å². The van der Waals surface area contributed by atoms with Gasteiger partial charge in [-0.05, 0) is 43.9 Å². The van der Waals surface area contributed by atoms with E-state index in [1.807, 2.05) is 26.8 Å². The summed E-state index contributed by atoms with van der Waals surface area (Å²) in [7, 11) is 0. The molecule has 96 valence electrons. The van der Waals surface area contributed by atoms with Gasteiger partial charge in [0.15, 0.2) is 5.43 Å². The van der Waals surface area contributed by atoms with Crippen LogP contribution in [0.4, 0.5) is 0 Å². The Kier molecular flexibility index (Phi) is 3.37. The molecule has 1 N–H and O–H groups in total. The summed E-state index contributed by atoms with van der Waals surface area (Å²) in [5.41, 5.74) is 5.13. The predicted molar refractivity (Wildman–Crippen MR) is 80.6 cm³/mol. The average molecular weight is 308 g/mol. The summed E-state index contributed by atoms with van der Waals surface area (Å²) in [6.45, 7) is 10.1. The van der Waals surface area contributed by atoms with Gasteiger partial charge in [-0.2, -0.15) is 0 Å². The summed E-state index contributed by atoms with van der Waals surface area (Å²) in [5, 5.41) is 0.807. The van der Waals surface area contributed by atoms with Gasteiger partial charge >= 0.3 is 0 Å². The van der Waals surface area contributed by atoms with E-state index in [1.165, 1.54) is 0 Å². The molecule has 0 fully saturated rings. The molecule has 1 heterocycles. The summed E-state index contributed by atoms with van der Waals surface area (Å²) in [4.78, 5) is 16.0. The van der Waals surface area contributed by atoms with E-state index in [9.17, 15) is 4.79 Å². The summed E-state index contributed by atoms with van der Waals surface area (Å²) in [6, 6.07) is 2.03. The van der Waals surface area contributed by atoms with Crippen LogP contribution in [0, 0.1) is 20.8 Å². The molecule has 2 nitrogen and oxygen atoms in total. The van der Waals surface area contributed by atoms with Crippen LogP contribution in [-0.2, 0) is 0 Å². The van der Waals surface area contributed by atoms with Gasteiger partial charge < -0.3 is 4.98 Å². The molecule has 0 radical (unpaired) electrons. The summed E-state index contributed by atoms with van der Waals surface area (Å²) in [5.74, 6) is 0.234. The molecule has 0 bridgehead atoms. The Morgan fingerprint density at radius 3 is 2.39 bits per heavy atom. The lowest BCUT2D eigenvalue weighted by Crippen LogP contribution is -2.16. The lowest BCUT2D eigenvalue weighted by atomic mass is 9.96. The number of aryl methyl sites for hydroxylation is 3. The van der Waals surface area contributed by atoms with Crippen molar-refractivity contribution in [2.24, 2.45) is 0 Å². The van der Waals surface area contributed by atoms with E-state index in [-0.39, 0.29) is 11.3 Å². The van der Waals surface area contributed by atoms with Gasteiger partial charge in [-0.25, -0.2) is 0 Å². The number of aromatic amines is 1. The van der Waals surface area contributed by atoms with Gasteiger partial charge in [0.25, 0.3) is 0 Å². The molecule has 1 aromatic heterocycles. The monoisotopic (exact) mass is 307 g/mol. The first-order chi connectivity index (χ1) is 8.34. The summed E-state index contributed by atoms with van der Waals surface area (Å²) >= 11 is 3.56. The molecule has 0 aliphatic carbocycles. The lowest BCUT2D eigenvalue weighted by Gasteiger charge is -2.14. The smallest absolute Gasteiger partial charge is 0.193 e. The van der Waals surface area contributed by atoms with Crippen molar-refractivity contribution in [3.05, 3.63) is 43.1 Å². The van der Waals surface area contributed by atoms with Gasteiger partial charge in [0.1, 0.15) is 0 Å². The highest BCUT2D eigenvalue weighted by atomic mass is 79.9. The summed E-state index contributed by atoms with van der Waals surface area (Å²) in [6.07, 6.45) is 0. The molecule has 0 saturated heterocycles. The Bertz CT molecular complexity index is 683. The Hall–Kier alpha value is -1.09. The number of H-pyrrole nitrogens is 1. The van der Waals surface area contributed by atoms with Crippen molar-refractivity contribution < 1.29 is 0 Å². The molecule has 2 aromatic rings. The molecule has 3 heteroatoms. The number of benzene rings is 1. The van der Waals surface area contributed by atoms with Crippen LogP contribution in [0.1, 0.15) is 42.1 Å². The second-order valence-corrected chi connectivity index (χ2v) is 6.00. The van der Waals surface area contributed by atoms with Crippen molar-refractivity contribution in [1.82, 2.24) is 4.98 Å². The number of pyridine rings is 1. The third kappa shape index (κ3) is 1.91. The minimum absolute atomic E-state index is 0.162. The maximum absolute atomic E-state index is 12.6. The van der Waals surface area contributed by atoms with E-state index in [0.717, 1.165) is 37.8 Å². The number of fused-ring (bicyclic) bond motifs is 1. The van der Waals surface area contributed by atoms with E-state index >= 15 is 0 Å². The predicted octanol–water partition coefficient (Wildman–Crippen LogP) is 4.34. The van der Waals surface area contributed by atoms with Crippen molar-refractivity contribution in [2.75, 3.05) is 0 Å². The number of hydrogen-bond donors (Lipinski definition) is 1. The van der Waals surface area contributed by atoms with Crippen LogP contribution >= 0.6 is 15.9 Å². The highest BCUT2D eigenvalue weighted by Gasteiger charge is 2.15. The fraction of sp³-hybridized carbons (Fsp3) is 0.400. The van der Waals surface area contributed by atoms with Gasteiger partial charge in [0.05, 0.1) is 5.52 Å². The van der Waals surface area contributed by atoms with E-state index in [2.05, 4.69) is 34.8 Å². The van der Waals surface area contributed by atoms with Crippen LogP contribution in [0.3, 0.4) is 0 Å². The van der Waals surface area contributed by atoms with Crippen LogP contribution in [-0.4, -0.2) is 4.98 Å². The molecule has 0 unspecified atom stereocenters. The number of nitrogens with one attached hydrogen (secondary N) is 1. The third-order valence-electron chi connectivity index (χ3n) is 3.46. The topological polar surface area (TPSA) is 32.9 Å². The van der Waals surface area contributed by atoms with Crippen LogP contribution in [0.5, 0.6) is 0 Å². The standard InChI is InChI=1S/C15H18BrNO/c1-7(2)12-10(5)17-11-6-8(3)14(16)9(4)13(11)15(12)18/h6-7H,1-5H3,(H,17,18). The average Bonchev–Trinajstić information content (AvgIpc) is 2.24. The second-order valence-electron chi connectivity index (χ2n) is 5.20. The van der Waals surface area contributed by atoms with Gasteiger partial charge in [-0.1, -0.05) is 29.8 Å². The highest BCUT2D eigenvalue weighted by molar-refractivity contribution is 9.10. The molecule has 0 aliphatic heterocycles. The Morgan fingerprint density at radius 1 is 1.22 bits per heavy atom. The highest BCUT2D eigenvalue weighted by Crippen LogP contribution is 2.28. The van der Waals surface area contributed by atoms with Crippen molar-refractivity contribution in [2.45, 2.75) is 40.5 Å². The van der Waals surface area contributed by atoms with Crippen LogP contribution in [0.2, 0.25) is 0 Å². The molecule has 18 heavy (non-hydrogen) atoms. The van der Waals surface area contributed by atoms with Gasteiger partial charge in [0, 0.05) is 21.1 Å².